The smallest absolute Gasteiger partial charge is 0.246 e. The number of amides is 1. The van der Waals surface area contributed by atoms with Gasteiger partial charge in [-0.1, -0.05) is 36.2 Å². The van der Waals surface area contributed by atoms with Gasteiger partial charge in [-0.25, -0.2) is 8.42 Å². The Bertz CT molecular complexity index is 668. The van der Waals surface area contributed by atoms with Crippen LogP contribution in [0.3, 0.4) is 0 Å². The minimum Gasteiger partial charge on any atom is -0.340 e. The highest BCUT2D eigenvalue weighted by molar-refractivity contribution is 7.89. The molecule has 1 amide bonds. The van der Waals surface area contributed by atoms with Crippen molar-refractivity contribution in [3.63, 3.8) is 0 Å². The van der Waals surface area contributed by atoms with Gasteiger partial charge in [0.2, 0.25) is 15.9 Å². The molecule has 1 heterocycles. The van der Waals surface area contributed by atoms with Crippen LogP contribution in [0, 0.1) is 5.92 Å². The third kappa shape index (κ3) is 3.80. The number of hydrogen-bond donors (Lipinski definition) is 1. The third-order valence-corrected chi connectivity index (χ3v) is 6.70. The van der Waals surface area contributed by atoms with Crippen LogP contribution >= 0.6 is 23.2 Å². The maximum Gasteiger partial charge on any atom is 0.246 e. The van der Waals surface area contributed by atoms with Crippen LogP contribution in [0.4, 0.5) is 0 Å². The summed E-state index contributed by atoms with van der Waals surface area (Å²) in [6, 6.07) is 4.57. The Labute approximate surface area is 146 Å². The van der Waals surface area contributed by atoms with Crippen molar-refractivity contribution in [1.82, 2.24) is 9.21 Å². The number of sulfonamides is 1. The Hall–Kier alpha value is -0.860. The van der Waals surface area contributed by atoms with Gasteiger partial charge in [0, 0.05) is 38.6 Å². The molecule has 23 heavy (non-hydrogen) atoms. The van der Waals surface area contributed by atoms with Gasteiger partial charge >= 0.3 is 0 Å². The topological polar surface area (TPSA) is 83.7 Å². The lowest BCUT2D eigenvalue weighted by Gasteiger charge is -2.35. The number of hydrogen-bond acceptors (Lipinski definition) is 4. The quantitative estimate of drug-likeness (QED) is 0.857. The van der Waals surface area contributed by atoms with E-state index in [4.69, 9.17) is 28.9 Å². The molecule has 1 aliphatic rings. The average Bonchev–Trinajstić information content (AvgIpc) is 2.53. The zero-order valence-electron chi connectivity index (χ0n) is 12.7. The van der Waals surface area contributed by atoms with Gasteiger partial charge < -0.3 is 10.6 Å². The number of carbonyl (C=O) groups excluding carboxylic acids is 1. The van der Waals surface area contributed by atoms with E-state index in [1.807, 2.05) is 0 Å². The first-order chi connectivity index (χ1) is 10.8. The minimum atomic E-state index is -3.79. The normalized spacial score (nSPS) is 18.0. The van der Waals surface area contributed by atoms with E-state index in [1.54, 1.807) is 17.9 Å². The molecule has 0 radical (unpaired) electrons. The first-order valence-corrected chi connectivity index (χ1v) is 9.41. The SMILES string of the molecule is CC(CN)C(=O)N1CCN(S(=O)(=O)c2c(Cl)cccc2Cl)CC1. The second kappa shape index (κ2) is 7.36. The molecule has 2 rings (SSSR count). The van der Waals surface area contributed by atoms with Crippen molar-refractivity contribution in [2.24, 2.45) is 11.7 Å². The van der Waals surface area contributed by atoms with Crippen molar-refractivity contribution in [3.05, 3.63) is 28.2 Å². The fraction of sp³-hybridized carbons (Fsp3) is 0.500. The minimum absolute atomic E-state index is 0.0553. The summed E-state index contributed by atoms with van der Waals surface area (Å²) in [5.74, 6) is -0.323. The standard InChI is InChI=1S/C14H19Cl2N3O3S/c1-10(9-17)14(20)18-5-7-19(8-6-18)23(21,22)13-11(15)3-2-4-12(13)16/h2-4,10H,5-9,17H2,1H3. The zero-order chi connectivity index (χ0) is 17.2. The first-order valence-electron chi connectivity index (χ1n) is 7.22. The Balaban J connectivity index is 2.15. The molecule has 0 spiro atoms. The van der Waals surface area contributed by atoms with Crippen LogP contribution in [0.1, 0.15) is 6.92 Å². The summed E-state index contributed by atoms with van der Waals surface area (Å²) in [7, 11) is -3.79. The van der Waals surface area contributed by atoms with Crippen molar-refractivity contribution < 1.29 is 13.2 Å². The van der Waals surface area contributed by atoms with E-state index in [0.29, 0.717) is 13.1 Å². The summed E-state index contributed by atoms with van der Waals surface area (Å²) >= 11 is 12.0. The van der Waals surface area contributed by atoms with E-state index >= 15 is 0 Å². The number of benzene rings is 1. The third-order valence-electron chi connectivity index (χ3n) is 3.84. The number of nitrogens with two attached hydrogens (primary N) is 1. The number of halogens is 2. The summed E-state index contributed by atoms with van der Waals surface area (Å²) in [6.07, 6.45) is 0. The largest absolute Gasteiger partial charge is 0.340 e. The molecule has 1 unspecified atom stereocenters. The summed E-state index contributed by atoms with van der Waals surface area (Å²) in [6.45, 7) is 3.08. The highest BCUT2D eigenvalue weighted by Gasteiger charge is 2.33. The first kappa shape index (κ1) is 18.5. The lowest BCUT2D eigenvalue weighted by molar-refractivity contribution is -0.135. The van der Waals surface area contributed by atoms with Crippen LogP contribution in [0.25, 0.3) is 0 Å². The van der Waals surface area contributed by atoms with Crippen LogP contribution in [-0.2, 0) is 14.8 Å². The summed E-state index contributed by atoms with van der Waals surface area (Å²) in [5, 5.41) is 0.181. The molecule has 1 fully saturated rings. The van der Waals surface area contributed by atoms with E-state index in [1.165, 1.54) is 16.4 Å². The fourth-order valence-electron chi connectivity index (χ4n) is 2.42. The van der Waals surface area contributed by atoms with E-state index in [-0.39, 0.29) is 46.4 Å². The number of carbonyl (C=O) groups is 1. The molecular formula is C14H19Cl2N3O3S. The predicted octanol–water partition coefficient (Wildman–Crippen LogP) is 1.42. The van der Waals surface area contributed by atoms with E-state index in [2.05, 4.69) is 0 Å². The van der Waals surface area contributed by atoms with Gasteiger partial charge in [0.25, 0.3) is 0 Å². The van der Waals surface area contributed by atoms with Gasteiger partial charge in [-0.15, -0.1) is 0 Å². The van der Waals surface area contributed by atoms with E-state index in [9.17, 15) is 13.2 Å². The molecular weight excluding hydrogens is 361 g/mol. The van der Waals surface area contributed by atoms with Gasteiger partial charge in [-0.3, -0.25) is 4.79 Å². The molecule has 1 aromatic rings. The molecule has 0 bridgehead atoms. The fourth-order valence-corrected chi connectivity index (χ4v) is 4.93. The number of nitrogens with zero attached hydrogens (tertiary/aromatic N) is 2. The van der Waals surface area contributed by atoms with Crippen LogP contribution in [0.5, 0.6) is 0 Å². The van der Waals surface area contributed by atoms with E-state index in [0.717, 1.165) is 0 Å². The molecule has 1 aromatic carbocycles. The second-order valence-electron chi connectivity index (χ2n) is 5.42. The van der Waals surface area contributed by atoms with Crippen molar-refractivity contribution in [2.75, 3.05) is 32.7 Å². The summed E-state index contributed by atoms with van der Waals surface area (Å²) < 4.78 is 26.8. The van der Waals surface area contributed by atoms with Gasteiger partial charge in [-0.2, -0.15) is 4.31 Å². The molecule has 0 saturated carbocycles. The van der Waals surface area contributed by atoms with Gasteiger partial charge in [-0.05, 0) is 12.1 Å². The van der Waals surface area contributed by atoms with Crippen molar-refractivity contribution in [1.29, 1.82) is 0 Å². The Morgan fingerprint density at radius 2 is 1.74 bits per heavy atom. The summed E-state index contributed by atoms with van der Waals surface area (Å²) in [5.41, 5.74) is 5.50. The van der Waals surface area contributed by atoms with Crippen LogP contribution in [-0.4, -0.2) is 56.3 Å². The van der Waals surface area contributed by atoms with E-state index < -0.39 is 10.0 Å². The average molecular weight is 380 g/mol. The molecule has 1 aliphatic heterocycles. The molecule has 9 heteroatoms. The highest BCUT2D eigenvalue weighted by Crippen LogP contribution is 2.31. The lowest BCUT2D eigenvalue weighted by Crippen LogP contribution is -2.52. The highest BCUT2D eigenvalue weighted by atomic mass is 35.5. The van der Waals surface area contributed by atoms with Crippen LogP contribution < -0.4 is 5.73 Å². The molecule has 2 N–H and O–H groups in total. The number of rotatable bonds is 4. The van der Waals surface area contributed by atoms with Crippen LogP contribution in [0.2, 0.25) is 10.0 Å². The molecule has 1 atom stereocenters. The monoisotopic (exact) mass is 379 g/mol. The maximum absolute atomic E-state index is 12.7. The maximum atomic E-state index is 12.7. The Morgan fingerprint density at radius 3 is 2.22 bits per heavy atom. The Kier molecular flexibility index (Phi) is 5.91. The lowest BCUT2D eigenvalue weighted by atomic mass is 10.1. The van der Waals surface area contributed by atoms with Crippen molar-refractivity contribution in [3.8, 4) is 0 Å². The molecule has 1 saturated heterocycles. The van der Waals surface area contributed by atoms with Gasteiger partial charge in [0.15, 0.2) is 0 Å². The summed E-state index contributed by atoms with van der Waals surface area (Å²) in [4.78, 5) is 13.7. The molecule has 0 aromatic heterocycles. The van der Waals surface area contributed by atoms with Crippen molar-refractivity contribution in [2.45, 2.75) is 11.8 Å². The second-order valence-corrected chi connectivity index (χ2v) is 8.11. The molecule has 128 valence electrons. The van der Waals surface area contributed by atoms with Gasteiger partial charge in [0.1, 0.15) is 4.90 Å². The zero-order valence-corrected chi connectivity index (χ0v) is 15.0. The predicted molar refractivity (Wildman–Crippen MR) is 90.0 cm³/mol. The molecule has 6 nitrogen and oxygen atoms in total. The number of piperazine rings is 1. The Morgan fingerprint density at radius 1 is 1.22 bits per heavy atom. The van der Waals surface area contributed by atoms with Crippen LogP contribution in [0.15, 0.2) is 23.1 Å². The van der Waals surface area contributed by atoms with Gasteiger partial charge in [0.05, 0.1) is 10.0 Å². The van der Waals surface area contributed by atoms with Crippen molar-refractivity contribution >= 4 is 39.1 Å². The molecule has 0 aliphatic carbocycles.